The van der Waals surface area contributed by atoms with Crippen molar-refractivity contribution < 1.29 is 19.1 Å². The molecule has 4 nitrogen and oxygen atoms in total. The van der Waals surface area contributed by atoms with Crippen molar-refractivity contribution in [2.45, 2.75) is 45.1 Å². The first-order valence-corrected chi connectivity index (χ1v) is 11.3. The van der Waals surface area contributed by atoms with Gasteiger partial charge in [0.05, 0.1) is 0 Å². The molecule has 0 aromatic heterocycles. The molecule has 0 N–H and O–H groups in total. The van der Waals surface area contributed by atoms with Gasteiger partial charge in [0.15, 0.2) is 5.78 Å². The van der Waals surface area contributed by atoms with Gasteiger partial charge < -0.3 is 9.47 Å². The SMILES string of the molecule is O=C(COCCC1CCCCC1)/C(=C\c1cccc(Cl)c1)C(=O)OCc1ccccc1. The zero-order valence-corrected chi connectivity index (χ0v) is 18.5. The first-order valence-electron chi connectivity index (χ1n) is 10.9. The summed E-state index contributed by atoms with van der Waals surface area (Å²) in [6, 6.07) is 16.4. The maximum atomic E-state index is 12.8. The van der Waals surface area contributed by atoms with Gasteiger partial charge in [0.1, 0.15) is 18.8 Å². The number of Topliss-reactive ketones (excluding diaryl/α,β-unsaturated/α-hetero) is 1. The van der Waals surface area contributed by atoms with Crippen LogP contribution in [0.5, 0.6) is 0 Å². The van der Waals surface area contributed by atoms with Gasteiger partial charge >= 0.3 is 5.97 Å². The molecule has 0 unspecified atom stereocenters. The van der Waals surface area contributed by atoms with Crippen LogP contribution in [0, 0.1) is 5.92 Å². The Bertz CT molecular complexity index is 885. The zero-order valence-electron chi connectivity index (χ0n) is 17.7. The number of esters is 1. The Balaban J connectivity index is 1.61. The molecular weight excluding hydrogens is 412 g/mol. The van der Waals surface area contributed by atoms with Crippen molar-refractivity contribution in [2.24, 2.45) is 5.92 Å². The topological polar surface area (TPSA) is 52.6 Å². The number of ether oxygens (including phenoxy) is 2. The summed E-state index contributed by atoms with van der Waals surface area (Å²) in [5.41, 5.74) is 1.49. The molecule has 2 aromatic rings. The van der Waals surface area contributed by atoms with Gasteiger partial charge in [-0.2, -0.15) is 0 Å². The van der Waals surface area contributed by atoms with E-state index in [0.29, 0.717) is 23.1 Å². The van der Waals surface area contributed by atoms with Gasteiger partial charge in [-0.25, -0.2) is 4.79 Å². The monoisotopic (exact) mass is 440 g/mol. The summed E-state index contributed by atoms with van der Waals surface area (Å²) in [5, 5.41) is 0.530. The van der Waals surface area contributed by atoms with Crippen LogP contribution in [0.3, 0.4) is 0 Å². The van der Waals surface area contributed by atoms with Crippen LogP contribution in [0.25, 0.3) is 6.08 Å². The minimum atomic E-state index is -0.662. The standard InChI is InChI=1S/C26H29ClO4/c27-23-13-7-12-22(16-23)17-24(26(29)31-18-21-10-5-2-6-11-21)25(28)19-30-15-14-20-8-3-1-4-9-20/h2,5-7,10-13,16-17,20H,1,3-4,8-9,14-15,18-19H2/b24-17+. The average molecular weight is 441 g/mol. The quantitative estimate of drug-likeness (QED) is 0.149. The maximum absolute atomic E-state index is 12.8. The van der Waals surface area contributed by atoms with Crippen LogP contribution in [0.2, 0.25) is 5.02 Å². The molecule has 0 radical (unpaired) electrons. The fourth-order valence-corrected chi connectivity index (χ4v) is 3.98. The molecule has 0 amide bonds. The third-order valence-electron chi connectivity index (χ3n) is 5.52. The summed E-state index contributed by atoms with van der Waals surface area (Å²) in [6.45, 7) is 0.488. The van der Waals surface area contributed by atoms with E-state index < -0.39 is 5.97 Å². The second-order valence-corrected chi connectivity index (χ2v) is 8.38. The molecule has 0 saturated heterocycles. The van der Waals surface area contributed by atoms with Crippen molar-refractivity contribution in [1.82, 2.24) is 0 Å². The number of ketones is 1. The highest BCUT2D eigenvalue weighted by Crippen LogP contribution is 2.26. The van der Waals surface area contributed by atoms with Crippen LogP contribution in [-0.2, 0) is 25.7 Å². The van der Waals surface area contributed by atoms with Crippen molar-refractivity contribution in [3.63, 3.8) is 0 Å². The fourth-order valence-electron chi connectivity index (χ4n) is 3.79. The highest BCUT2D eigenvalue weighted by Gasteiger charge is 2.21. The minimum Gasteiger partial charge on any atom is -0.457 e. The van der Waals surface area contributed by atoms with Crippen LogP contribution >= 0.6 is 11.6 Å². The van der Waals surface area contributed by atoms with Crippen LogP contribution in [0.4, 0.5) is 0 Å². The largest absolute Gasteiger partial charge is 0.457 e. The molecule has 0 atom stereocenters. The predicted octanol–water partition coefficient (Wildman–Crippen LogP) is 6.02. The summed E-state index contributed by atoms with van der Waals surface area (Å²) in [4.78, 5) is 25.5. The van der Waals surface area contributed by atoms with E-state index in [1.165, 1.54) is 38.2 Å². The molecule has 3 rings (SSSR count). The third-order valence-corrected chi connectivity index (χ3v) is 5.76. The van der Waals surface area contributed by atoms with E-state index in [0.717, 1.165) is 12.0 Å². The maximum Gasteiger partial charge on any atom is 0.342 e. The van der Waals surface area contributed by atoms with Crippen LogP contribution in [-0.4, -0.2) is 25.0 Å². The normalized spacial score (nSPS) is 14.9. The predicted molar refractivity (Wildman–Crippen MR) is 123 cm³/mol. The van der Waals surface area contributed by atoms with E-state index in [2.05, 4.69) is 0 Å². The van der Waals surface area contributed by atoms with Crippen molar-refractivity contribution in [3.05, 3.63) is 76.3 Å². The number of carbonyl (C=O) groups is 2. The van der Waals surface area contributed by atoms with E-state index in [4.69, 9.17) is 21.1 Å². The zero-order chi connectivity index (χ0) is 21.9. The Labute approximate surface area is 189 Å². The minimum absolute atomic E-state index is 0.0316. The number of hydrogen-bond donors (Lipinski definition) is 0. The summed E-state index contributed by atoms with van der Waals surface area (Å²) >= 11 is 6.05. The van der Waals surface area contributed by atoms with E-state index in [9.17, 15) is 9.59 Å². The summed E-state index contributed by atoms with van der Waals surface area (Å²) in [6.07, 6.45) is 8.84. The number of hydrogen-bond acceptors (Lipinski definition) is 4. The molecule has 2 aromatic carbocycles. The molecule has 1 fully saturated rings. The van der Waals surface area contributed by atoms with Crippen LogP contribution < -0.4 is 0 Å². The molecule has 31 heavy (non-hydrogen) atoms. The number of carbonyl (C=O) groups excluding carboxylic acids is 2. The van der Waals surface area contributed by atoms with Crippen molar-refractivity contribution in [3.8, 4) is 0 Å². The van der Waals surface area contributed by atoms with Gasteiger partial charge in [-0.15, -0.1) is 0 Å². The lowest BCUT2D eigenvalue weighted by Crippen LogP contribution is -2.21. The molecule has 164 valence electrons. The van der Waals surface area contributed by atoms with E-state index in [-0.39, 0.29) is 24.6 Å². The molecule has 0 bridgehead atoms. The van der Waals surface area contributed by atoms with Crippen LogP contribution in [0.1, 0.15) is 49.7 Å². The molecule has 0 heterocycles. The Morgan fingerprint density at radius 2 is 1.77 bits per heavy atom. The molecule has 1 saturated carbocycles. The second kappa shape index (κ2) is 12.4. The Morgan fingerprint density at radius 3 is 2.52 bits per heavy atom. The van der Waals surface area contributed by atoms with E-state index >= 15 is 0 Å². The van der Waals surface area contributed by atoms with E-state index in [1.807, 2.05) is 30.3 Å². The molecular formula is C26H29ClO4. The molecule has 1 aliphatic rings. The summed E-state index contributed by atoms with van der Waals surface area (Å²) in [7, 11) is 0. The lowest BCUT2D eigenvalue weighted by molar-refractivity contribution is -0.142. The Morgan fingerprint density at radius 1 is 1.00 bits per heavy atom. The number of rotatable bonds is 10. The Kier molecular flexibility index (Phi) is 9.32. The molecule has 1 aliphatic carbocycles. The molecule has 0 spiro atoms. The van der Waals surface area contributed by atoms with E-state index in [1.54, 1.807) is 24.3 Å². The number of halogens is 1. The first kappa shape index (κ1) is 23.2. The Hall–Kier alpha value is -2.43. The molecule has 0 aliphatic heterocycles. The van der Waals surface area contributed by atoms with Gasteiger partial charge in [-0.1, -0.05) is 86.2 Å². The number of benzene rings is 2. The van der Waals surface area contributed by atoms with Gasteiger partial charge in [-0.3, -0.25) is 4.79 Å². The first-order chi connectivity index (χ1) is 15.1. The highest BCUT2D eigenvalue weighted by molar-refractivity contribution is 6.30. The third kappa shape index (κ3) is 7.97. The summed E-state index contributed by atoms with van der Waals surface area (Å²) < 4.78 is 11.0. The second-order valence-electron chi connectivity index (χ2n) is 7.94. The lowest BCUT2D eigenvalue weighted by atomic mass is 9.87. The average Bonchev–Trinajstić information content (AvgIpc) is 2.80. The van der Waals surface area contributed by atoms with Gasteiger partial charge in [0.2, 0.25) is 0 Å². The van der Waals surface area contributed by atoms with Crippen LogP contribution in [0.15, 0.2) is 60.2 Å². The molecule has 5 heteroatoms. The lowest BCUT2D eigenvalue weighted by Gasteiger charge is -2.21. The van der Waals surface area contributed by atoms with Crippen molar-refractivity contribution in [2.75, 3.05) is 13.2 Å². The van der Waals surface area contributed by atoms with Gasteiger partial charge in [0.25, 0.3) is 0 Å². The highest BCUT2D eigenvalue weighted by atomic mass is 35.5. The smallest absolute Gasteiger partial charge is 0.342 e. The van der Waals surface area contributed by atoms with Crippen molar-refractivity contribution >= 4 is 29.4 Å². The van der Waals surface area contributed by atoms with Gasteiger partial charge in [0, 0.05) is 11.6 Å². The van der Waals surface area contributed by atoms with Gasteiger partial charge in [-0.05, 0) is 41.7 Å². The fraction of sp³-hybridized carbons (Fsp3) is 0.385. The van der Waals surface area contributed by atoms with Crippen molar-refractivity contribution in [1.29, 1.82) is 0 Å². The summed E-state index contributed by atoms with van der Waals surface area (Å²) in [5.74, 6) is -0.368.